The summed E-state index contributed by atoms with van der Waals surface area (Å²) >= 11 is 5.74. The van der Waals surface area contributed by atoms with Crippen LogP contribution in [-0.4, -0.2) is 13.2 Å². The molecular weight excluding hydrogens is 246 g/mol. The minimum atomic E-state index is 0.380. The van der Waals surface area contributed by atoms with Crippen molar-refractivity contribution in [3.05, 3.63) is 40.9 Å². The topological polar surface area (TPSA) is 21.3 Å². The van der Waals surface area contributed by atoms with Crippen molar-refractivity contribution in [2.75, 3.05) is 13.2 Å². The van der Waals surface area contributed by atoms with Gasteiger partial charge in [0.15, 0.2) is 0 Å². The molecule has 0 bridgehead atoms. The Bertz CT molecular complexity index is 431. The van der Waals surface area contributed by atoms with Crippen molar-refractivity contribution in [2.24, 2.45) is 0 Å². The first kappa shape index (κ1) is 13.4. The van der Waals surface area contributed by atoms with Crippen LogP contribution in [0, 0.1) is 0 Å². The molecule has 3 heteroatoms. The number of ether oxygens (including phenoxy) is 1. The van der Waals surface area contributed by atoms with E-state index in [0.717, 1.165) is 31.6 Å². The zero-order chi connectivity index (χ0) is 13.0. The Morgan fingerprint density at radius 3 is 3.11 bits per heavy atom. The van der Waals surface area contributed by atoms with Gasteiger partial charge in [0.1, 0.15) is 12.4 Å². The largest absolute Gasteiger partial charge is 0.488 e. The van der Waals surface area contributed by atoms with Gasteiger partial charge >= 0.3 is 0 Å². The summed E-state index contributed by atoms with van der Waals surface area (Å²) in [5.41, 5.74) is 2.70. The Morgan fingerprint density at radius 1 is 1.56 bits per heavy atom. The number of hydrogen-bond donors (Lipinski definition) is 1. The molecular formula is C15H20ClNO. The molecule has 0 saturated carbocycles. The van der Waals surface area contributed by atoms with E-state index in [9.17, 15) is 0 Å². The van der Waals surface area contributed by atoms with Gasteiger partial charge in [-0.25, -0.2) is 0 Å². The molecule has 0 heterocycles. The van der Waals surface area contributed by atoms with Crippen LogP contribution < -0.4 is 10.1 Å². The minimum Gasteiger partial charge on any atom is -0.488 e. The maximum atomic E-state index is 5.74. The fraction of sp³-hybridized carbons (Fsp3) is 0.467. The van der Waals surface area contributed by atoms with Crippen LogP contribution in [-0.2, 0) is 6.42 Å². The lowest BCUT2D eigenvalue weighted by atomic mass is 10.1. The molecule has 0 fully saturated rings. The average Bonchev–Trinajstić information content (AvgIpc) is 2.77. The molecule has 0 saturated heterocycles. The summed E-state index contributed by atoms with van der Waals surface area (Å²) in [5, 5.41) is 4.11. The van der Waals surface area contributed by atoms with E-state index in [1.165, 1.54) is 11.1 Å². The van der Waals surface area contributed by atoms with Gasteiger partial charge in [0.2, 0.25) is 0 Å². The summed E-state index contributed by atoms with van der Waals surface area (Å²) in [6.45, 7) is 7.28. The molecule has 1 aromatic rings. The number of hydrogen-bond acceptors (Lipinski definition) is 2. The molecule has 1 aliphatic rings. The van der Waals surface area contributed by atoms with E-state index in [0.29, 0.717) is 17.7 Å². The van der Waals surface area contributed by atoms with E-state index in [4.69, 9.17) is 16.3 Å². The molecule has 0 amide bonds. The second kappa shape index (κ2) is 6.26. The molecule has 2 rings (SSSR count). The van der Waals surface area contributed by atoms with Crippen molar-refractivity contribution >= 4 is 11.6 Å². The van der Waals surface area contributed by atoms with Crippen LogP contribution in [0.2, 0.25) is 0 Å². The molecule has 0 radical (unpaired) electrons. The first-order chi connectivity index (χ1) is 8.72. The van der Waals surface area contributed by atoms with Gasteiger partial charge in [-0.3, -0.25) is 0 Å². The van der Waals surface area contributed by atoms with Crippen LogP contribution in [0.4, 0.5) is 0 Å². The number of rotatable bonds is 6. The second-order valence-electron chi connectivity index (χ2n) is 4.68. The Labute approximate surface area is 114 Å². The summed E-state index contributed by atoms with van der Waals surface area (Å²) in [6, 6.07) is 6.73. The fourth-order valence-electron chi connectivity index (χ4n) is 2.44. The van der Waals surface area contributed by atoms with Crippen molar-refractivity contribution in [2.45, 2.75) is 32.2 Å². The Hall–Kier alpha value is -0.990. The third-order valence-electron chi connectivity index (χ3n) is 3.25. The van der Waals surface area contributed by atoms with Crippen LogP contribution in [0.1, 0.15) is 36.9 Å². The van der Waals surface area contributed by atoms with Gasteiger partial charge < -0.3 is 10.1 Å². The van der Waals surface area contributed by atoms with E-state index < -0.39 is 0 Å². The lowest BCUT2D eigenvalue weighted by molar-refractivity contribution is 0.356. The summed E-state index contributed by atoms with van der Waals surface area (Å²) in [5.74, 6) is 0.954. The maximum absolute atomic E-state index is 5.74. The Kier molecular flexibility index (Phi) is 4.67. The van der Waals surface area contributed by atoms with Gasteiger partial charge in [-0.05, 0) is 43.0 Å². The van der Waals surface area contributed by atoms with Crippen molar-refractivity contribution in [1.82, 2.24) is 5.32 Å². The first-order valence-electron chi connectivity index (χ1n) is 6.53. The molecule has 1 unspecified atom stereocenters. The van der Waals surface area contributed by atoms with E-state index in [1.807, 2.05) is 6.07 Å². The third-order valence-corrected chi connectivity index (χ3v) is 3.36. The summed E-state index contributed by atoms with van der Waals surface area (Å²) in [4.78, 5) is 0. The van der Waals surface area contributed by atoms with Crippen LogP contribution >= 0.6 is 11.6 Å². The molecule has 0 aliphatic heterocycles. The highest BCUT2D eigenvalue weighted by Gasteiger charge is 2.24. The number of halogens is 1. The van der Waals surface area contributed by atoms with Gasteiger partial charge in [0.25, 0.3) is 0 Å². The zero-order valence-electron chi connectivity index (χ0n) is 10.8. The highest BCUT2D eigenvalue weighted by molar-refractivity contribution is 6.29. The highest BCUT2D eigenvalue weighted by Crippen LogP contribution is 2.37. The van der Waals surface area contributed by atoms with Crippen LogP contribution in [0.3, 0.4) is 0 Å². The van der Waals surface area contributed by atoms with E-state index in [2.05, 4.69) is 31.0 Å². The van der Waals surface area contributed by atoms with E-state index in [1.54, 1.807) is 0 Å². The molecule has 98 valence electrons. The van der Waals surface area contributed by atoms with Crippen molar-refractivity contribution in [3.63, 3.8) is 0 Å². The van der Waals surface area contributed by atoms with Gasteiger partial charge in [-0.1, -0.05) is 37.2 Å². The lowest BCUT2D eigenvalue weighted by Crippen LogP contribution is -2.19. The first-order valence-corrected chi connectivity index (χ1v) is 6.91. The Morgan fingerprint density at radius 2 is 2.39 bits per heavy atom. The predicted molar refractivity (Wildman–Crippen MR) is 76.3 cm³/mol. The van der Waals surface area contributed by atoms with Gasteiger partial charge in [-0.15, -0.1) is 0 Å². The van der Waals surface area contributed by atoms with Crippen LogP contribution in [0.5, 0.6) is 5.75 Å². The molecule has 1 aliphatic carbocycles. The van der Waals surface area contributed by atoms with Gasteiger partial charge in [-0.2, -0.15) is 0 Å². The number of benzene rings is 1. The third kappa shape index (κ3) is 3.06. The Balaban J connectivity index is 2.11. The van der Waals surface area contributed by atoms with Crippen LogP contribution in [0.25, 0.3) is 0 Å². The molecule has 1 aromatic carbocycles. The smallest absolute Gasteiger partial charge is 0.123 e. The molecule has 1 N–H and O–H groups in total. The number of fused-ring (bicyclic) bond motifs is 1. The quantitative estimate of drug-likeness (QED) is 0.845. The molecule has 18 heavy (non-hydrogen) atoms. The van der Waals surface area contributed by atoms with E-state index in [-0.39, 0.29) is 0 Å². The lowest BCUT2D eigenvalue weighted by Gasteiger charge is -2.14. The SMILES string of the molecule is C=C(Cl)COc1cccc2c1CCC2NCCC. The summed E-state index contributed by atoms with van der Waals surface area (Å²) in [6.07, 6.45) is 3.38. The summed E-state index contributed by atoms with van der Waals surface area (Å²) in [7, 11) is 0. The fourth-order valence-corrected chi connectivity index (χ4v) is 2.50. The normalized spacial score (nSPS) is 17.6. The molecule has 0 aromatic heterocycles. The van der Waals surface area contributed by atoms with Crippen molar-refractivity contribution in [3.8, 4) is 5.75 Å². The molecule has 2 nitrogen and oxygen atoms in total. The standard InChI is InChI=1S/C15H20ClNO/c1-3-9-17-14-8-7-13-12(14)5-4-6-15(13)18-10-11(2)16/h4-6,14,17H,2-3,7-10H2,1H3. The monoisotopic (exact) mass is 265 g/mol. The average molecular weight is 266 g/mol. The zero-order valence-corrected chi connectivity index (χ0v) is 11.6. The van der Waals surface area contributed by atoms with Crippen molar-refractivity contribution < 1.29 is 4.74 Å². The van der Waals surface area contributed by atoms with Gasteiger partial charge in [0, 0.05) is 11.1 Å². The van der Waals surface area contributed by atoms with Gasteiger partial charge in [0.05, 0.1) is 0 Å². The predicted octanol–water partition coefficient (Wildman–Crippen LogP) is 3.80. The number of nitrogens with one attached hydrogen (secondary N) is 1. The van der Waals surface area contributed by atoms with Crippen molar-refractivity contribution in [1.29, 1.82) is 0 Å². The summed E-state index contributed by atoms with van der Waals surface area (Å²) < 4.78 is 5.70. The maximum Gasteiger partial charge on any atom is 0.123 e. The molecule has 0 spiro atoms. The van der Waals surface area contributed by atoms with E-state index >= 15 is 0 Å². The molecule has 1 atom stereocenters. The second-order valence-corrected chi connectivity index (χ2v) is 5.21. The highest BCUT2D eigenvalue weighted by atomic mass is 35.5. The minimum absolute atomic E-state index is 0.380. The van der Waals surface area contributed by atoms with Crippen LogP contribution in [0.15, 0.2) is 29.8 Å².